The van der Waals surface area contributed by atoms with Gasteiger partial charge in [0.2, 0.25) is 17.8 Å². The van der Waals surface area contributed by atoms with Gasteiger partial charge in [-0.3, -0.25) is 15.4 Å². The first-order valence-electron chi connectivity index (χ1n) is 7.36. The first kappa shape index (κ1) is 19.0. The Kier molecular flexibility index (Phi) is 5.60. The Morgan fingerprint density at radius 3 is 1.88 bits per heavy atom. The van der Waals surface area contributed by atoms with Gasteiger partial charge in [0.05, 0.1) is 0 Å². The van der Waals surface area contributed by atoms with Gasteiger partial charge in [-0.15, -0.1) is 0 Å². The molecule has 0 fully saturated rings. The monoisotopic (exact) mass is 365 g/mol. The molecule has 0 aliphatic heterocycles. The highest BCUT2D eigenvalue weighted by atomic mass is 19.1. The Balaban J connectivity index is 2.18. The second-order valence-electron chi connectivity index (χ2n) is 5.55. The maximum absolute atomic E-state index is 13.6. The second kappa shape index (κ2) is 7.68. The minimum absolute atomic E-state index is 0.133. The number of hydrogen-bond acceptors (Lipinski definition) is 7. The molecule has 1 aromatic carbocycles. The van der Waals surface area contributed by atoms with E-state index < -0.39 is 29.1 Å². The number of nitrogens with one attached hydrogen (secondary N) is 2. The van der Waals surface area contributed by atoms with Crippen molar-refractivity contribution < 1.29 is 18.4 Å². The Hall–Kier alpha value is -3.37. The number of halogens is 2. The molecular formula is C15H17F2N7O2. The first-order chi connectivity index (χ1) is 12.2. The third kappa shape index (κ3) is 4.37. The number of anilines is 3. The van der Waals surface area contributed by atoms with Crippen LogP contribution >= 0.6 is 0 Å². The Bertz CT molecular complexity index is 796. The molecule has 2 N–H and O–H groups in total. The van der Waals surface area contributed by atoms with Gasteiger partial charge in [0.25, 0.3) is 5.91 Å². The Labute approximate surface area is 148 Å². The zero-order valence-corrected chi connectivity index (χ0v) is 14.5. The molecule has 1 aromatic heterocycles. The average molecular weight is 365 g/mol. The van der Waals surface area contributed by atoms with Crippen LogP contribution in [-0.2, 0) is 0 Å². The number of carbonyl (C=O) groups is 2. The van der Waals surface area contributed by atoms with E-state index in [1.807, 2.05) is 5.32 Å². The van der Waals surface area contributed by atoms with Crippen molar-refractivity contribution in [2.45, 2.75) is 0 Å². The summed E-state index contributed by atoms with van der Waals surface area (Å²) < 4.78 is 27.2. The molecule has 2 aromatic rings. The molecule has 0 bridgehead atoms. The van der Waals surface area contributed by atoms with Crippen LogP contribution in [0.5, 0.6) is 0 Å². The number of rotatable bonds is 4. The van der Waals surface area contributed by atoms with E-state index in [4.69, 9.17) is 0 Å². The molecule has 2 rings (SSSR count). The smallest absolute Gasteiger partial charge is 0.328 e. The lowest BCUT2D eigenvalue weighted by atomic mass is 10.2. The first-order valence-corrected chi connectivity index (χ1v) is 7.36. The Morgan fingerprint density at radius 2 is 1.42 bits per heavy atom. The molecule has 0 unspecified atom stereocenters. The maximum atomic E-state index is 13.6. The summed E-state index contributed by atoms with van der Waals surface area (Å²) in [7, 11) is 6.79. The molecule has 0 aliphatic carbocycles. The normalized spacial score (nSPS) is 10.2. The lowest BCUT2D eigenvalue weighted by molar-refractivity contribution is 0.0959. The number of hydrogen-bond donors (Lipinski definition) is 2. The maximum Gasteiger partial charge on any atom is 0.328 e. The van der Waals surface area contributed by atoms with Crippen LogP contribution in [0.3, 0.4) is 0 Å². The highest BCUT2D eigenvalue weighted by Crippen LogP contribution is 2.14. The van der Waals surface area contributed by atoms with E-state index in [0.717, 1.165) is 18.2 Å². The van der Waals surface area contributed by atoms with Gasteiger partial charge in [-0.2, -0.15) is 15.0 Å². The second-order valence-corrected chi connectivity index (χ2v) is 5.55. The fraction of sp³-hybridized carbons (Fsp3) is 0.267. The summed E-state index contributed by atoms with van der Waals surface area (Å²) >= 11 is 0. The molecule has 138 valence electrons. The predicted molar refractivity (Wildman–Crippen MR) is 91.3 cm³/mol. The molecule has 0 saturated heterocycles. The molecule has 0 aliphatic rings. The third-order valence-electron chi connectivity index (χ3n) is 3.05. The van der Waals surface area contributed by atoms with Crippen molar-refractivity contribution in [3.05, 3.63) is 35.4 Å². The van der Waals surface area contributed by atoms with Crippen LogP contribution in [0.2, 0.25) is 0 Å². The van der Waals surface area contributed by atoms with Gasteiger partial charge < -0.3 is 9.80 Å². The van der Waals surface area contributed by atoms with Gasteiger partial charge in [0.15, 0.2) is 0 Å². The summed E-state index contributed by atoms with van der Waals surface area (Å²) in [6, 6.07) is 1.89. The molecular weight excluding hydrogens is 348 g/mol. The van der Waals surface area contributed by atoms with Crippen molar-refractivity contribution in [1.29, 1.82) is 0 Å². The lowest BCUT2D eigenvalue weighted by Crippen LogP contribution is -2.36. The van der Waals surface area contributed by atoms with Crippen LogP contribution in [0.15, 0.2) is 18.2 Å². The van der Waals surface area contributed by atoms with E-state index in [2.05, 4.69) is 20.3 Å². The number of carbonyl (C=O) groups excluding carboxylic acids is 2. The number of imide groups is 1. The predicted octanol–water partition coefficient (Wildman–Crippen LogP) is 1.24. The number of amides is 3. The topological polar surface area (TPSA) is 103 Å². The molecule has 11 heteroatoms. The van der Waals surface area contributed by atoms with Crippen LogP contribution in [0, 0.1) is 11.6 Å². The van der Waals surface area contributed by atoms with Crippen molar-refractivity contribution in [3.8, 4) is 0 Å². The molecule has 0 saturated carbocycles. The summed E-state index contributed by atoms with van der Waals surface area (Å²) in [6.07, 6.45) is 0. The molecule has 1 heterocycles. The van der Waals surface area contributed by atoms with E-state index in [1.54, 1.807) is 38.0 Å². The van der Waals surface area contributed by atoms with Crippen LogP contribution in [0.1, 0.15) is 10.4 Å². The van der Waals surface area contributed by atoms with Gasteiger partial charge in [-0.1, -0.05) is 6.07 Å². The van der Waals surface area contributed by atoms with E-state index in [0.29, 0.717) is 0 Å². The van der Waals surface area contributed by atoms with Crippen molar-refractivity contribution in [3.63, 3.8) is 0 Å². The molecule has 9 nitrogen and oxygen atoms in total. The number of urea groups is 1. The highest BCUT2D eigenvalue weighted by Gasteiger charge is 2.20. The number of nitrogens with zero attached hydrogens (tertiary/aromatic N) is 5. The highest BCUT2D eigenvalue weighted by molar-refractivity contribution is 6.07. The summed E-state index contributed by atoms with van der Waals surface area (Å²) in [5.41, 5.74) is -0.860. The van der Waals surface area contributed by atoms with Crippen LogP contribution in [-0.4, -0.2) is 55.1 Å². The summed E-state index contributed by atoms with van der Waals surface area (Å²) in [5, 5.41) is 4.07. The van der Waals surface area contributed by atoms with Gasteiger partial charge in [0, 0.05) is 28.2 Å². The average Bonchev–Trinajstić information content (AvgIpc) is 2.53. The summed E-state index contributed by atoms with van der Waals surface area (Å²) in [4.78, 5) is 39.3. The van der Waals surface area contributed by atoms with E-state index >= 15 is 0 Å². The van der Waals surface area contributed by atoms with Crippen molar-refractivity contribution >= 4 is 29.8 Å². The van der Waals surface area contributed by atoms with Crippen molar-refractivity contribution in [2.24, 2.45) is 0 Å². The SMILES string of the molecule is CN(C)c1nc(NC(=O)NC(=O)c2c(F)cccc2F)nc(N(C)C)n1. The zero-order valence-electron chi connectivity index (χ0n) is 14.5. The fourth-order valence-corrected chi connectivity index (χ4v) is 1.82. The Morgan fingerprint density at radius 1 is 0.923 bits per heavy atom. The van der Waals surface area contributed by atoms with Crippen molar-refractivity contribution in [2.75, 3.05) is 43.3 Å². The number of benzene rings is 1. The molecule has 0 radical (unpaired) electrons. The third-order valence-corrected chi connectivity index (χ3v) is 3.05. The summed E-state index contributed by atoms with van der Waals surface area (Å²) in [6.45, 7) is 0. The van der Waals surface area contributed by atoms with Crippen molar-refractivity contribution in [1.82, 2.24) is 20.3 Å². The minimum atomic E-state index is -1.23. The van der Waals surface area contributed by atoms with Crippen LogP contribution < -0.4 is 20.4 Å². The molecule has 3 amide bonds. The molecule has 0 spiro atoms. The fourth-order valence-electron chi connectivity index (χ4n) is 1.82. The van der Waals surface area contributed by atoms with E-state index in [9.17, 15) is 18.4 Å². The van der Waals surface area contributed by atoms with Gasteiger partial charge in [-0.05, 0) is 12.1 Å². The molecule has 0 atom stereocenters. The quantitative estimate of drug-likeness (QED) is 0.840. The number of aromatic nitrogens is 3. The zero-order chi connectivity index (χ0) is 19.4. The lowest BCUT2D eigenvalue weighted by Gasteiger charge is -2.16. The van der Waals surface area contributed by atoms with Crippen LogP contribution in [0.4, 0.5) is 31.4 Å². The van der Waals surface area contributed by atoms with E-state index in [-0.39, 0.29) is 17.8 Å². The summed E-state index contributed by atoms with van der Waals surface area (Å²) in [5.74, 6) is -2.99. The van der Waals surface area contributed by atoms with Gasteiger partial charge >= 0.3 is 6.03 Å². The molecule has 26 heavy (non-hydrogen) atoms. The van der Waals surface area contributed by atoms with Gasteiger partial charge in [-0.25, -0.2) is 13.6 Å². The van der Waals surface area contributed by atoms with E-state index in [1.165, 1.54) is 0 Å². The standard InChI is InChI=1S/C15H17F2N7O2/c1-23(2)13-19-12(20-14(22-13)24(3)4)21-15(26)18-11(25)10-8(16)6-5-7-9(10)17/h5-7H,1-4H3,(H2,18,19,20,21,22,25,26). The largest absolute Gasteiger partial charge is 0.347 e. The van der Waals surface area contributed by atoms with Gasteiger partial charge in [0.1, 0.15) is 17.2 Å². The van der Waals surface area contributed by atoms with Crippen LogP contribution in [0.25, 0.3) is 0 Å². The minimum Gasteiger partial charge on any atom is -0.347 e.